The summed E-state index contributed by atoms with van der Waals surface area (Å²) in [7, 11) is 0. The first-order valence-corrected chi connectivity index (χ1v) is 11.5. The minimum absolute atomic E-state index is 0.0237. The van der Waals surface area contributed by atoms with Crippen LogP contribution in [0, 0.1) is 6.92 Å². The number of carbonyl (C=O) groups excluding carboxylic acids is 1. The van der Waals surface area contributed by atoms with E-state index < -0.39 is 0 Å². The predicted octanol–water partition coefficient (Wildman–Crippen LogP) is 5.90. The van der Waals surface area contributed by atoms with E-state index in [1.54, 1.807) is 13.0 Å². The number of phenolic OH excluding ortho intramolecular Hbond substituents is 1. The molecule has 31 heavy (non-hydrogen) atoms. The van der Waals surface area contributed by atoms with Crippen LogP contribution in [0.4, 0.5) is 0 Å². The third-order valence-electron chi connectivity index (χ3n) is 5.72. The Morgan fingerprint density at radius 1 is 1.19 bits per heavy atom. The number of hydrogen-bond acceptors (Lipinski definition) is 4. The van der Waals surface area contributed by atoms with E-state index in [2.05, 4.69) is 25.6 Å². The van der Waals surface area contributed by atoms with Gasteiger partial charge in [0.25, 0.3) is 0 Å². The van der Waals surface area contributed by atoms with Crippen molar-refractivity contribution in [2.45, 2.75) is 57.8 Å². The molecule has 4 aromatic rings. The molecule has 0 aliphatic heterocycles. The fourth-order valence-corrected chi connectivity index (χ4v) is 4.59. The van der Waals surface area contributed by atoms with Gasteiger partial charge in [-0.2, -0.15) is 0 Å². The summed E-state index contributed by atoms with van der Waals surface area (Å²) in [5.74, 6) is -0.101. The van der Waals surface area contributed by atoms with Crippen molar-refractivity contribution in [3.63, 3.8) is 0 Å². The van der Waals surface area contributed by atoms with E-state index >= 15 is 0 Å². The number of aryl methyl sites for hydroxylation is 1. The molecule has 1 atom stereocenters. The number of allylic oxidation sites excluding steroid dienone is 1. The molecule has 0 aliphatic carbocycles. The molecule has 0 bridgehead atoms. The van der Waals surface area contributed by atoms with Gasteiger partial charge in [-0.1, -0.05) is 26.8 Å². The summed E-state index contributed by atoms with van der Waals surface area (Å²) in [4.78, 5) is 15.5. The van der Waals surface area contributed by atoms with E-state index in [-0.39, 0.29) is 17.5 Å². The van der Waals surface area contributed by atoms with Crippen molar-refractivity contribution in [1.82, 2.24) is 14.1 Å². The second-order valence-corrected chi connectivity index (χ2v) is 8.95. The van der Waals surface area contributed by atoms with Crippen LogP contribution < -0.4 is 0 Å². The molecule has 2 aromatic heterocycles. The van der Waals surface area contributed by atoms with Gasteiger partial charge in [0.05, 0.1) is 6.61 Å². The lowest BCUT2D eigenvalue weighted by molar-refractivity contribution is -0.116. The number of carbonyl (C=O) groups is 1. The van der Waals surface area contributed by atoms with Crippen molar-refractivity contribution in [1.29, 1.82) is 0 Å². The van der Waals surface area contributed by atoms with Gasteiger partial charge in [-0.3, -0.25) is 4.79 Å². The van der Waals surface area contributed by atoms with Crippen LogP contribution >= 0.6 is 12.0 Å². The molecule has 4 rings (SSSR count). The second-order valence-electron chi connectivity index (χ2n) is 8.08. The molecule has 2 heterocycles. The average molecular weight is 440 g/mol. The van der Waals surface area contributed by atoms with E-state index in [1.807, 2.05) is 40.0 Å². The summed E-state index contributed by atoms with van der Waals surface area (Å²) in [6, 6.07) is 9.88. The number of hydrogen-bond donors (Lipinski definition) is 1. The summed E-state index contributed by atoms with van der Waals surface area (Å²) in [5, 5.41) is 10.8. The maximum atomic E-state index is 12.6. The number of aromatic nitrogens is 3. The van der Waals surface area contributed by atoms with Crippen LogP contribution in [0.3, 0.4) is 0 Å². The van der Waals surface area contributed by atoms with E-state index in [9.17, 15) is 9.90 Å². The third-order valence-corrected chi connectivity index (χ3v) is 6.45. The number of ketones is 1. The molecule has 164 valence electrons. The quantitative estimate of drug-likeness (QED) is 0.190. The lowest BCUT2D eigenvalue weighted by atomic mass is 9.86. The van der Waals surface area contributed by atoms with Gasteiger partial charge in [0, 0.05) is 22.9 Å². The largest absolute Gasteiger partial charge is 0.506 e. The van der Waals surface area contributed by atoms with Crippen LogP contribution in [0.1, 0.15) is 57.1 Å². The Hall–Kier alpha value is -2.64. The molecular weight excluding hydrogens is 410 g/mol. The third kappa shape index (κ3) is 3.77. The summed E-state index contributed by atoms with van der Waals surface area (Å²) >= 11 is 1.40. The lowest BCUT2D eigenvalue weighted by Crippen LogP contribution is -2.14. The first-order valence-electron chi connectivity index (χ1n) is 10.8. The van der Waals surface area contributed by atoms with Crippen LogP contribution in [-0.2, 0) is 8.98 Å². The van der Waals surface area contributed by atoms with E-state index in [4.69, 9.17) is 4.18 Å². The zero-order valence-corrected chi connectivity index (χ0v) is 19.3. The Labute approximate surface area is 186 Å². The smallest absolute Gasteiger partial charge is 0.165 e. The highest BCUT2D eigenvalue weighted by molar-refractivity contribution is 7.94. The highest BCUT2D eigenvalue weighted by Crippen LogP contribution is 2.37. The van der Waals surface area contributed by atoms with Crippen LogP contribution in [0.2, 0.25) is 0 Å². The normalized spacial score (nSPS) is 12.9. The number of phenols is 1. The van der Waals surface area contributed by atoms with Gasteiger partial charge in [-0.25, -0.2) is 0 Å². The molecule has 0 spiro atoms. The van der Waals surface area contributed by atoms with E-state index in [0.717, 1.165) is 46.5 Å². The number of nitrogens with zero attached hydrogens (tertiary/aromatic N) is 3. The minimum atomic E-state index is -0.284. The summed E-state index contributed by atoms with van der Waals surface area (Å²) in [6.45, 7) is 12.4. The van der Waals surface area contributed by atoms with Crippen LogP contribution in [-0.4, -0.2) is 31.6 Å². The number of aromatic hydroxyl groups is 1. The number of benzene rings is 2. The highest BCUT2D eigenvalue weighted by atomic mass is 32.2. The molecule has 1 unspecified atom stereocenters. The molecule has 0 aliphatic rings. The van der Waals surface area contributed by atoms with Crippen molar-refractivity contribution in [2.75, 3.05) is 6.61 Å². The van der Waals surface area contributed by atoms with Crippen molar-refractivity contribution < 1.29 is 14.1 Å². The highest BCUT2D eigenvalue weighted by Gasteiger charge is 2.28. The zero-order chi connectivity index (χ0) is 22.3. The van der Waals surface area contributed by atoms with Gasteiger partial charge < -0.3 is 9.29 Å². The maximum absolute atomic E-state index is 12.6. The van der Waals surface area contributed by atoms with Crippen LogP contribution in [0.15, 0.2) is 47.4 Å². The molecule has 1 N–H and O–H groups in total. The fraction of sp³-hybridized carbons (Fsp3) is 0.375. The Morgan fingerprint density at radius 2 is 1.94 bits per heavy atom. The number of Topliss-reactive ketones (excluding diaryl/α,β-unsaturated/α-hetero) is 1. The molecule has 0 saturated carbocycles. The SMILES string of the molecule is C=C(C)C(=O)C(CC)c1cc(O)c(-n2n3c4ccc(SOCCCC)cc4n23)cc1C. The molecule has 0 fully saturated rings. The molecule has 6 nitrogen and oxygen atoms in total. The second kappa shape index (κ2) is 8.48. The van der Waals surface area contributed by atoms with Gasteiger partial charge in [-0.15, -0.1) is 14.1 Å². The van der Waals surface area contributed by atoms with Gasteiger partial charge in [0.2, 0.25) is 0 Å². The Kier molecular flexibility index (Phi) is 5.90. The molecular formula is C24H29N3O3S. The number of unbranched alkanes of at least 4 members (excludes halogenated alkanes) is 1. The van der Waals surface area contributed by atoms with Crippen molar-refractivity contribution in [3.05, 3.63) is 53.6 Å². The standard InChI is InChI=1S/C24H29N3O3S/c1-6-8-11-30-31-17-9-10-20-21(13-17)26-25(20)27(26)22-12-16(5)19(14-23(22)28)18(7-2)24(29)15(3)4/h9-10,12-14,18,28H,3,6-8,11H2,1-2,4-5H3. The van der Waals surface area contributed by atoms with Gasteiger partial charge in [0.15, 0.2) is 5.78 Å². The van der Waals surface area contributed by atoms with Crippen molar-refractivity contribution in [2.24, 2.45) is 0 Å². The number of fused-ring (bicyclic) bond motifs is 4. The minimum Gasteiger partial charge on any atom is -0.506 e. The van der Waals surface area contributed by atoms with Crippen LogP contribution in [0.25, 0.3) is 16.7 Å². The summed E-state index contributed by atoms with van der Waals surface area (Å²) in [6.07, 6.45) is 2.83. The summed E-state index contributed by atoms with van der Waals surface area (Å²) < 4.78 is 9.67. The van der Waals surface area contributed by atoms with Crippen molar-refractivity contribution in [3.8, 4) is 11.4 Å². The molecule has 0 amide bonds. The first-order chi connectivity index (χ1) is 14.9. The zero-order valence-electron chi connectivity index (χ0n) is 18.5. The average Bonchev–Trinajstić information content (AvgIpc) is 3.40. The van der Waals surface area contributed by atoms with E-state index in [1.165, 1.54) is 12.0 Å². The molecule has 7 heteroatoms. The Bertz CT molecular complexity index is 1250. The Balaban J connectivity index is 1.63. The maximum Gasteiger partial charge on any atom is 0.165 e. The van der Waals surface area contributed by atoms with Crippen LogP contribution in [0.5, 0.6) is 5.75 Å². The molecule has 2 aromatic carbocycles. The first kappa shape index (κ1) is 21.6. The van der Waals surface area contributed by atoms with Gasteiger partial charge in [-0.05, 0) is 73.7 Å². The Morgan fingerprint density at radius 3 is 2.61 bits per heavy atom. The topological polar surface area (TPSA) is 60.3 Å². The van der Waals surface area contributed by atoms with Gasteiger partial charge in [0.1, 0.15) is 22.5 Å². The molecule has 0 radical (unpaired) electrons. The van der Waals surface area contributed by atoms with Gasteiger partial charge >= 0.3 is 0 Å². The fourth-order valence-electron chi connectivity index (χ4n) is 3.97. The lowest BCUT2D eigenvalue weighted by Gasteiger charge is -2.18. The predicted molar refractivity (Wildman–Crippen MR) is 125 cm³/mol. The van der Waals surface area contributed by atoms with Crippen molar-refractivity contribution >= 4 is 28.9 Å². The monoisotopic (exact) mass is 439 g/mol. The summed E-state index contributed by atoms with van der Waals surface area (Å²) in [5.41, 5.74) is 5.24. The number of rotatable bonds is 10. The van der Waals surface area contributed by atoms with E-state index in [0.29, 0.717) is 17.7 Å². The molecule has 0 saturated heterocycles.